The molecule has 38 heavy (non-hydrogen) atoms. The summed E-state index contributed by atoms with van der Waals surface area (Å²) >= 11 is 5.68. The third kappa shape index (κ3) is 13.3. The van der Waals surface area contributed by atoms with E-state index >= 15 is 0 Å². The lowest BCUT2D eigenvalue weighted by atomic mass is 10.1. The second kappa shape index (κ2) is 19.1. The van der Waals surface area contributed by atoms with Gasteiger partial charge >= 0.3 is 0 Å². The number of benzene rings is 3. The van der Waals surface area contributed by atoms with Gasteiger partial charge in [-0.2, -0.15) is 0 Å². The van der Waals surface area contributed by atoms with Gasteiger partial charge in [0.15, 0.2) is 11.5 Å². The van der Waals surface area contributed by atoms with Gasteiger partial charge in [-0.25, -0.2) is 0 Å². The molecule has 0 spiro atoms. The standard InChI is InChI=1S/C19H23NO3.C9H10ClNO.CH4N2/c1-22-17-10-8-16(14-18(17)23-2)12-13-20-19(21)11-9-15-6-4-3-5-7-15;1-11-9(12)6-7-2-4-8(10)5-3-7;2-1-3/h3-8,10,14H,9,11-13H2,1-2H3,(H,20,21);2-5H,6H2,1H3,(H,11,12);1H,(H3,2,3). The first kappa shape index (κ1) is 32.0. The Morgan fingerprint density at radius 2 is 1.47 bits per heavy atom. The van der Waals surface area contributed by atoms with Crippen LogP contribution in [0.25, 0.3) is 0 Å². The van der Waals surface area contributed by atoms with Crippen molar-refractivity contribution in [1.82, 2.24) is 10.6 Å². The molecule has 9 heteroatoms. The molecule has 3 rings (SSSR count). The van der Waals surface area contributed by atoms with E-state index in [1.165, 1.54) is 5.56 Å². The number of halogens is 1. The molecule has 0 unspecified atom stereocenters. The highest BCUT2D eigenvalue weighted by atomic mass is 35.5. The molecule has 5 N–H and O–H groups in total. The minimum Gasteiger partial charge on any atom is -0.493 e. The normalized spacial score (nSPS) is 9.47. The Hall–Kier alpha value is -4.04. The smallest absolute Gasteiger partial charge is 0.224 e. The molecule has 0 aromatic heterocycles. The second-order valence-corrected chi connectivity index (χ2v) is 8.35. The molecule has 8 nitrogen and oxygen atoms in total. The third-order valence-corrected chi connectivity index (χ3v) is 5.48. The minimum absolute atomic E-state index is 0.0114. The first-order chi connectivity index (χ1) is 18.4. The van der Waals surface area contributed by atoms with E-state index in [1.807, 2.05) is 60.7 Å². The molecule has 0 atom stereocenters. The fourth-order valence-electron chi connectivity index (χ4n) is 3.25. The summed E-state index contributed by atoms with van der Waals surface area (Å²) < 4.78 is 10.5. The molecule has 3 aromatic rings. The Morgan fingerprint density at radius 3 is 2.05 bits per heavy atom. The van der Waals surface area contributed by atoms with Gasteiger partial charge in [0.25, 0.3) is 0 Å². The molecular weight excluding hydrogens is 504 g/mol. The van der Waals surface area contributed by atoms with Crippen LogP contribution in [0.3, 0.4) is 0 Å². The van der Waals surface area contributed by atoms with E-state index < -0.39 is 0 Å². The average Bonchev–Trinajstić information content (AvgIpc) is 2.94. The molecule has 0 fully saturated rings. The van der Waals surface area contributed by atoms with E-state index in [9.17, 15) is 9.59 Å². The molecular formula is C29H37ClN4O4. The van der Waals surface area contributed by atoms with E-state index in [0.29, 0.717) is 35.9 Å². The van der Waals surface area contributed by atoms with Crippen LogP contribution in [0.5, 0.6) is 11.5 Å². The van der Waals surface area contributed by atoms with Gasteiger partial charge in [0.05, 0.1) is 27.0 Å². The zero-order valence-electron chi connectivity index (χ0n) is 22.1. The van der Waals surface area contributed by atoms with Gasteiger partial charge in [-0.15, -0.1) is 0 Å². The fourth-order valence-corrected chi connectivity index (χ4v) is 3.38. The molecule has 204 valence electrons. The van der Waals surface area contributed by atoms with Gasteiger partial charge in [-0.3, -0.25) is 15.0 Å². The molecule has 2 amide bonds. The van der Waals surface area contributed by atoms with Crippen molar-refractivity contribution in [3.05, 3.63) is 94.5 Å². The number of nitrogens with two attached hydrogens (primary N) is 1. The Morgan fingerprint density at radius 1 is 0.868 bits per heavy atom. The Kier molecular flexibility index (Phi) is 16.1. The molecule has 0 saturated heterocycles. The third-order valence-electron chi connectivity index (χ3n) is 5.22. The first-order valence-electron chi connectivity index (χ1n) is 12.0. The van der Waals surface area contributed by atoms with Crippen molar-refractivity contribution >= 4 is 29.8 Å². The van der Waals surface area contributed by atoms with Crippen LogP contribution >= 0.6 is 11.6 Å². The lowest BCUT2D eigenvalue weighted by molar-refractivity contribution is -0.121. The summed E-state index contributed by atoms with van der Waals surface area (Å²) in [6.07, 6.45) is 3.20. The molecule has 3 aromatic carbocycles. The highest BCUT2D eigenvalue weighted by molar-refractivity contribution is 6.30. The number of carbonyl (C=O) groups excluding carboxylic acids is 2. The number of rotatable bonds is 10. The Bertz CT molecular complexity index is 1110. The predicted molar refractivity (Wildman–Crippen MR) is 153 cm³/mol. The first-order valence-corrected chi connectivity index (χ1v) is 12.4. The molecule has 0 aliphatic carbocycles. The highest BCUT2D eigenvalue weighted by Gasteiger charge is 2.06. The van der Waals surface area contributed by atoms with Crippen LogP contribution < -0.4 is 25.8 Å². The Balaban J connectivity index is 0.000000403. The van der Waals surface area contributed by atoms with E-state index in [0.717, 1.165) is 30.3 Å². The lowest BCUT2D eigenvalue weighted by Crippen LogP contribution is -2.25. The maximum absolute atomic E-state index is 11.9. The van der Waals surface area contributed by atoms with Gasteiger partial charge in [0.1, 0.15) is 0 Å². The zero-order valence-corrected chi connectivity index (χ0v) is 22.9. The summed E-state index contributed by atoms with van der Waals surface area (Å²) in [7, 11) is 4.86. The summed E-state index contributed by atoms with van der Waals surface area (Å²) in [5.41, 5.74) is 7.65. The number of hydrogen-bond acceptors (Lipinski definition) is 5. The van der Waals surface area contributed by atoms with Crippen molar-refractivity contribution in [3.8, 4) is 11.5 Å². The van der Waals surface area contributed by atoms with E-state index in [-0.39, 0.29) is 11.8 Å². The quantitative estimate of drug-likeness (QED) is 0.227. The summed E-state index contributed by atoms with van der Waals surface area (Å²) in [4.78, 5) is 22.8. The van der Waals surface area contributed by atoms with E-state index in [4.69, 9.17) is 26.5 Å². The van der Waals surface area contributed by atoms with Crippen molar-refractivity contribution in [2.24, 2.45) is 5.73 Å². The number of aryl methyl sites for hydroxylation is 1. The number of likely N-dealkylation sites (N-methyl/N-ethyl adjacent to an activating group) is 1. The van der Waals surface area contributed by atoms with Gasteiger partial charge in [-0.05, 0) is 53.8 Å². The zero-order chi connectivity index (χ0) is 28.2. The number of ether oxygens (including phenoxy) is 2. The van der Waals surface area contributed by atoms with Crippen LogP contribution in [0.1, 0.15) is 23.1 Å². The minimum atomic E-state index is 0.0114. The van der Waals surface area contributed by atoms with Crippen LogP contribution in [0.15, 0.2) is 72.8 Å². The fraction of sp³-hybridized carbons (Fsp3) is 0.276. The Labute approximate surface area is 230 Å². The maximum Gasteiger partial charge on any atom is 0.224 e. The number of hydrogen-bond donors (Lipinski definition) is 4. The molecule has 0 bridgehead atoms. The number of methoxy groups -OCH3 is 2. The van der Waals surface area contributed by atoms with Gasteiger partial charge in [0.2, 0.25) is 11.8 Å². The van der Waals surface area contributed by atoms with Crippen LogP contribution in [0.4, 0.5) is 0 Å². The summed E-state index contributed by atoms with van der Waals surface area (Å²) in [6.45, 7) is 0.614. The van der Waals surface area contributed by atoms with Crippen molar-refractivity contribution in [3.63, 3.8) is 0 Å². The summed E-state index contributed by atoms with van der Waals surface area (Å²) in [5, 5.41) is 12.1. The number of amides is 2. The van der Waals surface area contributed by atoms with Gasteiger partial charge < -0.3 is 25.8 Å². The number of carbonyl (C=O) groups is 2. The highest BCUT2D eigenvalue weighted by Crippen LogP contribution is 2.27. The van der Waals surface area contributed by atoms with Crippen LogP contribution in [-0.4, -0.2) is 46.0 Å². The van der Waals surface area contributed by atoms with Gasteiger partial charge in [0, 0.05) is 25.0 Å². The van der Waals surface area contributed by atoms with E-state index in [2.05, 4.69) is 16.4 Å². The molecule has 0 aliphatic rings. The van der Waals surface area contributed by atoms with Gasteiger partial charge in [-0.1, -0.05) is 60.1 Å². The molecule has 0 saturated carbocycles. The molecule has 0 radical (unpaired) electrons. The second-order valence-electron chi connectivity index (χ2n) is 7.92. The molecule has 0 heterocycles. The topological polar surface area (TPSA) is 127 Å². The van der Waals surface area contributed by atoms with Crippen LogP contribution in [-0.2, 0) is 28.9 Å². The monoisotopic (exact) mass is 540 g/mol. The van der Waals surface area contributed by atoms with Crippen LogP contribution in [0, 0.1) is 5.41 Å². The van der Waals surface area contributed by atoms with Crippen molar-refractivity contribution in [1.29, 1.82) is 5.41 Å². The van der Waals surface area contributed by atoms with E-state index in [1.54, 1.807) is 33.4 Å². The van der Waals surface area contributed by atoms with Crippen molar-refractivity contribution in [2.45, 2.75) is 25.7 Å². The summed E-state index contributed by atoms with van der Waals surface area (Å²) in [5.74, 6) is 1.51. The molecule has 0 aliphatic heterocycles. The largest absolute Gasteiger partial charge is 0.493 e. The average molecular weight is 541 g/mol. The summed E-state index contributed by atoms with van der Waals surface area (Å²) in [6, 6.07) is 23.1. The SMILES string of the molecule is CNC(=O)Cc1ccc(Cl)cc1.COc1ccc(CCNC(=O)CCc2ccccc2)cc1OC.N=CN. The predicted octanol–water partition coefficient (Wildman–Crippen LogP) is 4.18. The number of nitrogens with one attached hydrogen (secondary N) is 3. The maximum atomic E-state index is 11.9. The lowest BCUT2D eigenvalue weighted by Gasteiger charge is -2.10. The van der Waals surface area contributed by atoms with Crippen LogP contribution in [0.2, 0.25) is 5.02 Å². The van der Waals surface area contributed by atoms with Crippen molar-refractivity contribution in [2.75, 3.05) is 27.8 Å². The van der Waals surface area contributed by atoms with Crippen molar-refractivity contribution < 1.29 is 19.1 Å².